The van der Waals surface area contributed by atoms with Gasteiger partial charge in [0.05, 0.1) is 6.54 Å². The van der Waals surface area contributed by atoms with Crippen LogP contribution >= 0.6 is 0 Å². The van der Waals surface area contributed by atoms with Gasteiger partial charge < -0.3 is 4.90 Å². The lowest BCUT2D eigenvalue weighted by atomic mass is 10.0. The fourth-order valence-corrected chi connectivity index (χ4v) is 3.09. The molecular weight excluding hydrogens is 331 g/mol. The Bertz CT molecular complexity index is 809. The third kappa shape index (κ3) is 4.17. The number of hydrogen-bond acceptors (Lipinski definition) is 3. The summed E-state index contributed by atoms with van der Waals surface area (Å²) in [5, 5.41) is 0. The molecule has 1 fully saturated rings. The second-order valence-corrected chi connectivity index (χ2v) is 6.80. The second kappa shape index (κ2) is 7.79. The fraction of sp³-hybridized carbons (Fsp3) is 0.333. The van der Waals surface area contributed by atoms with Crippen molar-refractivity contribution >= 4 is 11.7 Å². The quantitative estimate of drug-likeness (QED) is 0.793. The van der Waals surface area contributed by atoms with Gasteiger partial charge in [-0.3, -0.25) is 14.5 Å². The number of rotatable bonds is 4. The van der Waals surface area contributed by atoms with Gasteiger partial charge in [-0.2, -0.15) is 0 Å². The fourth-order valence-electron chi connectivity index (χ4n) is 3.09. The van der Waals surface area contributed by atoms with Crippen LogP contribution in [0.4, 0.5) is 4.39 Å². The Hall–Kier alpha value is -2.53. The number of ketones is 1. The number of Topliss-reactive ketones (excluding diaryl/α,β-unsaturated/α-hetero) is 1. The second-order valence-electron chi connectivity index (χ2n) is 6.80. The molecule has 0 unspecified atom stereocenters. The maximum absolute atomic E-state index is 13.0. The van der Waals surface area contributed by atoms with Gasteiger partial charge in [0.15, 0.2) is 5.78 Å². The minimum Gasteiger partial charge on any atom is -0.336 e. The Morgan fingerprint density at radius 2 is 1.50 bits per heavy atom. The zero-order valence-corrected chi connectivity index (χ0v) is 15.2. The summed E-state index contributed by atoms with van der Waals surface area (Å²) < 4.78 is 13.0. The summed E-state index contributed by atoms with van der Waals surface area (Å²) >= 11 is 0. The Balaban J connectivity index is 1.54. The highest BCUT2D eigenvalue weighted by Gasteiger charge is 2.23. The highest BCUT2D eigenvalue weighted by Crippen LogP contribution is 2.13. The first-order valence-corrected chi connectivity index (χ1v) is 8.81. The van der Waals surface area contributed by atoms with Crippen molar-refractivity contribution < 1.29 is 14.0 Å². The topological polar surface area (TPSA) is 40.6 Å². The Kier molecular flexibility index (Phi) is 5.47. The summed E-state index contributed by atoms with van der Waals surface area (Å²) in [6.45, 7) is 6.84. The lowest BCUT2D eigenvalue weighted by Crippen LogP contribution is -2.49. The molecule has 1 amide bonds. The minimum atomic E-state index is -0.351. The van der Waals surface area contributed by atoms with Crippen LogP contribution in [0.5, 0.6) is 0 Å². The number of hydrogen-bond donors (Lipinski definition) is 0. The van der Waals surface area contributed by atoms with Crippen molar-refractivity contribution in [3.05, 3.63) is 70.5 Å². The number of aryl methyl sites for hydroxylation is 2. The van der Waals surface area contributed by atoms with E-state index in [0.717, 1.165) is 11.1 Å². The molecule has 0 aliphatic carbocycles. The molecule has 2 aromatic carbocycles. The van der Waals surface area contributed by atoms with E-state index in [4.69, 9.17) is 0 Å². The van der Waals surface area contributed by atoms with Crippen LogP contribution in [0.2, 0.25) is 0 Å². The summed E-state index contributed by atoms with van der Waals surface area (Å²) in [5.41, 5.74) is 3.52. The SMILES string of the molecule is Cc1ccc(C(=O)CN2CCN(C(=O)c3ccc(F)cc3)CC2)cc1C. The molecule has 136 valence electrons. The highest BCUT2D eigenvalue weighted by molar-refractivity contribution is 5.98. The third-order valence-electron chi connectivity index (χ3n) is 4.95. The van der Waals surface area contributed by atoms with Crippen LogP contribution in [0.15, 0.2) is 42.5 Å². The van der Waals surface area contributed by atoms with Crippen molar-refractivity contribution in [3.63, 3.8) is 0 Å². The number of carbonyl (C=O) groups is 2. The summed E-state index contributed by atoms with van der Waals surface area (Å²) in [4.78, 5) is 28.8. The number of carbonyl (C=O) groups excluding carboxylic acids is 2. The Morgan fingerprint density at radius 1 is 0.885 bits per heavy atom. The maximum Gasteiger partial charge on any atom is 0.253 e. The molecule has 0 N–H and O–H groups in total. The molecule has 0 spiro atoms. The monoisotopic (exact) mass is 354 g/mol. The molecule has 0 radical (unpaired) electrons. The van der Waals surface area contributed by atoms with Crippen LogP contribution in [0.25, 0.3) is 0 Å². The van der Waals surface area contributed by atoms with Gasteiger partial charge in [-0.25, -0.2) is 4.39 Å². The summed E-state index contributed by atoms with van der Waals surface area (Å²) in [7, 11) is 0. The molecule has 1 heterocycles. The number of amides is 1. The predicted molar refractivity (Wildman–Crippen MR) is 99.0 cm³/mol. The molecule has 1 saturated heterocycles. The molecule has 0 aromatic heterocycles. The van der Waals surface area contributed by atoms with Crippen LogP contribution in [-0.4, -0.2) is 54.2 Å². The molecule has 1 aliphatic heterocycles. The van der Waals surface area contributed by atoms with Crippen molar-refractivity contribution in [1.29, 1.82) is 0 Å². The molecule has 4 nitrogen and oxygen atoms in total. The van der Waals surface area contributed by atoms with Gasteiger partial charge in [0.25, 0.3) is 5.91 Å². The zero-order chi connectivity index (χ0) is 18.7. The standard InChI is InChI=1S/C21H23FN2O2/c1-15-3-4-18(13-16(15)2)20(25)14-23-9-11-24(12-10-23)21(26)17-5-7-19(22)8-6-17/h3-8,13H,9-12,14H2,1-2H3. The molecule has 0 bridgehead atoms. The van der Waals surface area contributed by atoms with Crippen molar-refractivity contribution in [3.8, 4) is 0 Å². The van der Waals surface area contributed by atoms with Crippen molar-refractivity contribution in [2.24, 2.45) is 0 Å². The van der Waals surface area contributed by atoms with Crippen LogP contribution in [0.3, 0.4) is 0 Å². The smallest absolute Gasteiger partial charge is 0.253 e. The number of piperazine rings is 1. The Morgan fingerprint density at radius 3 is 2.12 bits per heavy atom. The van der Waals surface area contributed by atoms with Crippen molar-refractivity contribution in [2.75, 3.05) is 32.7 Å². The molecule has 0 saturated carbocycles. The zero-order valence-electron chi connectivity index (χ0n) is 15.2. The van der Waals surface area contributed by atoms with Gasteiger partial charge in [0.2, 0.25) is 0 Å². The van der Waals surface area contributed by atoms with E-state index < -0.39 is 0 Å². The van der Waals surface area contributed by atoms with Crippen LogP contribution in [0, 0.1) is 19.7 Å². The molecule has 26 heavy (non-hydrogen) atoms. The predicted octanol–water partition coefficient (Wildman–Crippen LogP) is 3.08. The third-order valence-corrected chi connectivity index (χ3v) is 4.95. The number of nitrogens with zero attached hydrogens (tertiary/aromatic N) is 2. The van der Waals surface area contributed by atoms with E-state index in [-0.39, 0.29) is 17.5 Å². The largest absolute Gasteiger partial charge is 0.336 e. The van der Waals surface area contributed by atoms with E-state index in [1.165, 1.54) is 29.8 Å². The first kappa shape index (κ1) is 18.3. The van der Waals surface area contributed by atoms with E-state index in [2.05, 4.69) is 4.90 Å². The number of halogens is 1. The maximum atomic E-state index is 13.0. The van der Waals surface area contributed by atoms with Crippen LogP contribution in [-0.2, 0) is 0 Å². The average Bonchev–Trinajstić information content (AvgIpc) is 2.64. The van der Waals surface area contributed by atoms with Gasteiger partial charge in [-0.05, 0) is 55.3 Å². The van der Waals surface area contributed by atoms with Gasteiger partial charge in [-0.15, -0.1) is 0 Å². The van der Waals surface area contributed by atoms with E-state index in [1.807, 2.05) is 32.0 Å². The first-order chi connectivity index (χ1) is 12.4. The molecule has 3 rings (SSSR count). The van der Waals surface area contributed by atoms with Gasteiger partial charge in [0, 0.05) is 37.3 Å². The van der Waals surface area contributed by atoms with Crippen molar-refractivity contribution in [1.82, 2.24) is 9.80 Å². The lowest BCUT2D eigenvalue weighted by molar-refractivity contribution is 0.0624. The lowest BCUT2D eigenvalue weighted by Gasteiger charge is -2.34. The normalized spacial score (nSPS) is 15.1. The van der Waals surface area contributed by atoms with Gasteiger partial charge in [-0.1, -0.05) is 12.1 Å². The average molecular weight is 354 g/mol. The van der Waals surface area contributed by atoms with Gasteiger partial charge in [0.1, 0.15) is 5.82 Å². The number of benzene rings is 2. The van der Waals surface area contributed by atoms with Gasteiger partial charge >= 0.3 is 0 Å². The van der Waals surface area contributed by atoms with E-state index in [0.29, 0.717) is 38.3 Å². The minimum absolute atomic E-state index is 0.0925. The van der Waals surface area contributed by atoms with Crippen LogP contribution < -0.4 is 0 Å². The highest BCUT2D eigenvalue weighted by atomic mass is 19.1. The molecule has 1 aliphatic rings. The summed E-state index contributed by atoms with van der Waals surface area (Å²) in [5.74, 6) is -0.340. The van der Waals surface area contributed by atoms with E-state index in [9.17, 15) is 14.0 Å². The first-order valence-electron chi connectivity index (χ1n) is 8.81. The van der Waals surface area contributed by atoms with E-state index >= 15 is 0 Å². The molecular formula is C21H23FN2O2. The summed E-state index contributed by atoms with van der Waals surface area (Å²) in [6.07, 6.45) is 0. The van der Waals surface area contributed by atoms with Crippen LogP contribution in [0.1, 0.15) is 31.8 Å². The molecule has 0 atom stereocenters. The summed E-state index contributed by atoms with van der Waals surface area (Å²) in [6, 6.07) is 11.4. The van der Waals surface area contributed by atoms with Crippen molar-refractivity contribution in [2.45, 2.75) is 13.8 Å². The van der Waals surface area contributed by atoms with E-state index in [1.54, 1.807) is 4.90 Å². The molecule has 5 heteroatoms. The molecule has 2 aromatic rings. The Labute approximate surface area is 153 Å².